The van der Waals surface area contributed by atoms with Gasteiger partial charge in [0.1, 0.15) is 5.75 Å². The molecule has 0 amide bonds. The van der Waals surface area contributed by atoms with Crippen LogP contribution in [-0.2, 0) is 6.54 Å². The number of benzene rings is 1. The zero-order valence-electron chi connectivity index (χ0n) is 14.7. The molecule has 24 heavy (non-hydrogen) atoms. The molecule has 5 nitrogen and oxygen atoms in total. The highest BCUT2D eigenvalue weighted by Crippen LogP contribution is 2.24. The second-order valence-corrected chi connectivity index (χ2v) is 7.52. The van der Waals surface area contributed by atoms with Crippen LogP contribution in [0.2, 0.25) is 0 Å². The molecule has 1 fully saturated rings. The van der Waals surface area contributed by atoms with Gasteiger partial charge in [-0.25, -0.2) is 4.98 Å². The van der Waals surface area contributed by atoms with E-state index in [1.807, 2.05) is 32.4 Å². The van der Waals surface area contributed by atoms with Crippen molar-refractivity contribution in [3.8, 4) is 5.75 Å². The summed E-state index contributed by atoms with van der Waals surface area (Å²) in [6.07, 6.45) is 4.34. The molecule has 1 aliphatic heterocycles. The molecule has 1 aromatic heterocycles. The molecule has 0 radical (unpaired) electrons. The smallest absolute Gasteiger partial charge is 0.185 e. The molecule has 2 heterocycles. The first kappa shape index (κ1) is 17.0. The van der Waals surface area contributed by atoms with Crippen LogP contribution in [0.1, 0.15) is 17.7 Å². The summed E-state index contributed by atoms with van der Waals surface area (Å²) >= 11 is 1.79. The number of methoxy groups -OCH3 is 1. The number of hydrogen-bond acceptors (Lipinski definition) is 6. The van der Waals surface area contributed by atoms with E-state index in [-0.39, 0.29) is 0 Å². The summed E-state index contributed by atoms with van der Waals surface area (Å²) in [5.74, 6) is 0.902. The Morgan fingerprint density at radius 3 is 2.79 bits per heavy atom. The van der Waals surface area contributed by atoms with E-state index in [4.69, 9.17) is 4.74 Å². The molecule has 0 atom stereocenters. The van der Waals surface area contributed by atoms with Crippen molar-refractivity contribution in [1.29, 1.82) is 0 Å². The van der Waals surface area contributed by atoms with Gasteiger partial charge in [-0.3, -0.25) is 4.90 Å². The van der Waals surface area contributed by atoms with Gasteiger partial charge in [0.2, 0.25) is 0 Å². The number of likely N-dealkylation sites (tertiary alicyclic amines) is 1. The molecule has 1 N–H and O–H groups in total. The van der Waals surface area contributed by atoms with Gasteiger partial charge < -0.3 is 15.0 Å². The highest BCUT2D eigenvalue weighted by Gasteiger charge is 2.20. The number of nitrogens with one attached hydrogen (secondary N) is 1. The molecule has 2 aromatic rings. The van der Waals surface area contributed by atoms with Crippen LogP contribution < -0.4 is 15.0 Å². The van der Waals surface area contributed by atoms with Gasteiger partial charge in [0.15, 0.2) is 5.13 Å². The molecule has 130 valence electrons. The maximum atomic E-state index is 5.29. The fourth-order valence-electron chi connectivity index (χ4n) is 2.98. The minimum atomic E-state index is 0.534. The summed E-state index contributed by atoms with van der Waals surface area (Å²) in [6, 6.07) is 8.71. The molecule has 1 saturated heterocycles. The van der Waals surface area contributed by atoms with Crippen molar-refractivity contribution in [2.75, 3.05) is 44.5 Å². The van der Waals surface area contributed by atoms with Crippen molar-refractivity contribution >= 4 is 22.2 Å². The van der Waals surface area contributed by atoms with Crippen molar-refractivity contribution in [3.05, 3.63) is 35.3 Å². The number of thiazole rings is 1. The second kappa shape index (κ2) is 7.85. The number of aromatic nitrogens is 1. The molecular weight excluding hydrogens is 320 g/mol. The van der Waals surface area contributed by atoms with Gasteiger partial charge in [-0.05, 0) is 25.0 Å². The highest BCUT2D eigenvalue weighted by molar-refractivity contribution is 7.15. The number of hydrogen-bond donors (Lipinski definition) is 1. The van der Waals surface area contributed by atoms with Crippen molar-refractivity contribution in [2.45, 2.75) is 25.4 Å². The molecule has 0 aliphatic carbocycles. The molecule has 3 rings (SSSR count). The van der Waals surface area contributed by atoms with Gasteiger partial charge in [-0.15, -0.1) is 11.3 Å². The first-order chi connectivity index (χ1) is 11.6. The summed E-state index contributed by atoms with van der Waals surface area (Å²) in [4.78, 5) is 10.4. The third-order valence-corrected chi connectivity index (χ3v) is 5.48. The SMILES string of the molecule is COc1cccc(NC2CCN(Cc3cnc(N(C)C)s3)CC2)c1. The Morgan fingerprint density at radius 2 is 2.12 bits per heavy atom. The number of ether oxygens (including phenoxy) is 1. The maximum Gasteiger partial charge on any atom is 0.185 e. The fraction of sp³-hybridized carbons (Fsp3) is 0.500. The fourth-order valence-corrected chi connectivity index (χ4v) is 3.86. The monoisotopic (exact) mass is 346 g/mol. The van der Waals surface area contributed by atoms with Crippen LogP contribution in [0.5, 0.6) is 5.75 Å². The minimum absolute atomic E-state index is 0.534. The summed E-state index contributed by atoms with van der Waals surface area (Å²) in [5.41, 5.74) is 1.14. The van der Waals surface area contributed by atoms with Crippen LogP contribution in [0.15, 0.2) is 30.5 Å². The Balaban J connectivity index is 1.48. The van der Waals surface area contributed by atoms with Crippen molar-refractivity contribution in [2.24, 2.45) is 0 Å². The Bertz CT molecular complexity index is 650. The Labute approximate surface area is 148 Å². The lowest BCUT2D eigenvalue weighted by atomic mass is 10.0. The van der Waals surface area contributed by atoms with Crippen LogP contribution in [0.25, 0.3) is 0 Å². The Morgan fingerprint density at radius 1 is 1.33 bits per heavy atom. The predicted octanol–water partition coefficient (Wildman–Crippen LogP) is 3.29. The van der Waals surface area contributed by atoms with E-state index in [1.165, 1.54) is 4.88 Å². The first-order valence-corrected chi connectivity index (χ1v) is 9.20. The van der Waals surface area contributed by atoms with E-state index >= 15 is 0 Å². The van der Waals surface area contributed by atoms with E-state index in [1.54, 1.807) is 18.4 Å². The minimum Gasteiger partial charge on any atom is -0.497 e. The van der Waals surface area contributed by atoms with Crippen LogP contribution in [-0.4, -0.2) is 50.2 Å². The summed E-state index contributed by atoms with van der Waals surface area (Å²) in [6.45, 7) is 3.26. The molecule has 1 aliphatic rings. The Kier molecular flexibility index (Phi) is 5.58. The lowest BCUT2D eigenvalue weighted by molar-refractivity contribution is 0.213. The van der Waals surface area contributed by atoms with Crippen molar-refractivity contribution in [3.63, 3.8) is 0 Å². The van der Waals surface area contributed by atoms with Crippen molar-refractivity contribution < 1.29 is 4.74 Å². The van der Waals surface area contributed by atoms with Gasteiger partial charge in [-0.2, -0.15) is 0 Å². The number of piperidine rings is 1. The van der Waals surface area contributed by atoms with Crippen LogP contribution in [0.3, 0.4) is 0 Å². The van der Waals surface area contributed by atoms with E-state index < -0.39 is 0 Å². The topological polar surface area (TPSA) is 40.6 Å². The van der Waals surface area contributed by atoms with Gasteiger partial charge >= 0.3 is 0 Å². The number of rotatable bonds is 6. The van der Waals surface area contributed by atoms with E-state index in [0.717, 1.165) is 49.0 Å². The average molecular weight is 347 g/mol. The van der Waals surface area contributed by atoms with Gasteiger partial charge in [-0.1, -0.05) is 6.07 Å². The standard InChI is InChI=1S/C18H26N4OS/c1-21(2)18-19-12-17(24-18)13-22-9-7-14(8-10-22)20-15-5-4-6-16(11-15)23-3/h4-6,11-12,14,20H,7-10,13H2,1-3H3. The van der Waals surface area contributed by atoms with Gasteiger partial charge in [0.05, 0.1) is 7.11 Å². The number of anilines is 2. The molecule has 0 unspecified atom stereocenters. The third kappa shape index (κ3) is 4.39. The predicted molar refractivity (Wildman–Crippen MR) is 101 cm³/mol. The average Bonchev–Trinajstić information content (AvgIpc) is 3.06. The molecule has 0 saturated carbocycles. The van der Waals surface area contributed by atoms with E-state index in [9.17, 15) is 0 Å². The van der Waals surface area contributed by atoms with E-state index in [2.05, 4.69) is 32.2 Å². The lowest BCUT2D eigenvalue weighted by Gasteiger charge is -2.32. The normalized spacial score (nSPS) is 16.1. The molecule has 6 heteroatoms. The zero-order valence-corrected chi connectivity index (χ0v) is 15.5. The summed E-state index contributed by atoms with van der Waals surface area (Å²) < 4.78 is 5.29. The van der Waals surface area contributed by atoms with Gasteiger partial charge in [0, 0.05) is 62.6 Å². The largest absolute Gasteiger partial charge is 0.497 e. The maximum absolute atomic E-state index is 5.29. The van der Waals surface area contributed by atoms with Crippen molar-refractivity contribution in [1.82, 2.24) is 9.88 Å². The lowest BCUT2D eigenvalue weighted by Crippen LogP contribution is -2.38. The van der Waals surface area contributed by atoms with Crippen LogP contribution in [0, 0.1) is 0 Å². The van der Waals surface area contributed by atoms with E-state index in [0.29, 0.717) is 6.04 Å². The third-order valence-electron chi connectivity index (χ3n) is 4.33. The molecular formula is C18H26N4OS. The first-order valence-electron chi connectivity index (χ1n) is 8.39. The quantitative estimate of drug-likeness (QED) is 0.869. The highest BCUT2D eigenvalue weighted by atomic mass is 32.1. The number of nitrogens with zero attached hydrogens (tertiary/aromatic N) is 3. The summed E-state index contributed by atoms with van der Waals surface area (Å²) in [7, 11) is 5.79. The Hall–Kier alpha value is -1.79. The molecule has 0 spiro atoms. The molecule has 0 bridgehead atoms. The second-order valence-electron chi connectivity index (χ2n) is 6.43. The van der Waals surface area contributed by atoms with Crippen LogP contribution >= 0.6 is 11.3 Å². The van der Waals surface area contributed by atoms with Gasteiger partial charge in [0.25, 0.3) is 0 Å². The van der Waals surface area contributed by atoms with Crippen LogP contribution in [0.4, 0.5) is 10.8 Å². The summed E-state index contributed by atoms with van der Waals surface area (Å²) in [5, 5.41) is 4.72. The zero-order chi connectivity index (χ0) is 16.9. The molecule has 1 aromatic carbocycles.